The number of nitrogens with one attached hydrogen (secondary N) is 1. The normalized spacial score (nSPS) is 10.5. The van der Waals surface area contributed by atoms with Gasteiger partial charge in [0, 0.05) is 17.5 Å². The number of fused-ring (bicyclic) bond motifs is 1. The Hall–Kier alpha value is -3.09. The highest BCUT2D eigenvalue weighted by molar-refractivity contribution is 5.90. The molecule has 0 saturated heterocycles. The second-order valence-electron chi connectivity index (χ2n) is 4.29. The first kappa shape index (κ1) is 12.9. The molecule has 3 aromatic rings. The van der Waals surface area contributed by atoms with Crippen LogP contribution in [0, 0.1) is 15.9 Å². The monoisotopic (exact) mass is 284 g/mol. The number of hydrogen-bond acceptors (Lipinski definition) is 5. The van der Waals surface area contributed by atoms with E-state index in [1.807, 2.05) is 6.07 Å². The van der Waals surface area contributed by atoms with Crippen LogP contribution in [0.2, 0.25) is 0 Å². The number of hydrogen-bond donors (Lipinski definition) is 1. The molecule has 0 radical (unpaired) electrons. The van der Waals surface area contributed by atoms with Gasteiger partial charge in [0.2, 0.25) is 0 Å². The summed E-state index contributed by atoms with van der Waals surface area (Å²) in [6.07, 6.45) is 1.35. The van der Waals surface area contributed by atoms with E-state index in [0.29, 0.717) is 16.7 Å². The summed E-state index contributed by atoms with van der Waals surface area (Å²) in [6.45, 7) is 0. The molecule has 0 unspecified atom stereocenters. The minimum Gasteiger partial charge on any atom is -0.337 e. The lowest BCUT2D eigenvalue weighted by Gasteiger charge is -2.08. The summed E-state index contributed by atoms with van der Waals surface area (Å²) < 4.78 is 13.8. The van der Waals surface area contributed by atoms with Crippen LogP contribution in [-0.4, -0.2) is 14.9 Å². The Morgan fingerprint density at radius 3 is 2.76 bits per heavy atom. The first-order chi connectivity index (χ1) is 10.1. The van der Waals surface area contributed by atoms with E-state index >= 15 is 0 Å². The van der Waals surface area contributed by atoms with Gasteiger partial charge in [-0.25, -0.2) is 14.4 Å². The Morgan fingerprint density at radius 2 is 1.95 bits per heavy atom. The lowest BCUT2D eigenvalue weighted by atomic mass is 10.2. The first-order valence-electron chi connectivity index (χ1n) is 6.06. The van der Waals surface area contributed by atoms with E-state index in [1.165, 1.54) is 6.33 Å². The number of nitro benzene ring substituents is 1. The van der Waals surface area contributed by atoms with Gasteiger partial charge in [-0.15, -0.1) is 0 Å². The molecule has 1 N–H and O–H groups in total. The van der Waals surface area contributed by atoms with Gasteiger partial charge in [0.1, 0.15) is 18.0 Å². The maximum absolute atomic E-state index is 13.8. The number of benzene rings is 2. The minimum absolute atomic E-state index is 0.00643. The summed E-state index contributed by atoms with van der Waals surface area (Å²) in [7, 11) is 0. The van der Waals surface area contributed by atoms with Crippen molar-refractivity contribution in [2.75, 3.05) is 5.32 Å². The van der Waals surface area contributed by atoms with Crippen molar-refractivity contribution in [1.82, 2.24) is 9.97 Å². The second kappa shape index (κ2) is 5.12. The van der Waals surface area contributed by atoms with Crippen LogP contribution in [0.15, 0.2) is 48.8 Å². The molecule has 0 saturated carbocycles. The molecule has 0 atom stereocenters. The molecule has 6 nitrogen and oxygen atoms in total. The Balaban J connectivity index is 2.06. The molecule has 2 aromatic carbocycles. The third-order valence-corrected chi connectivity index (χ3v) is 2.96. The number of para-hydroxylation sites is 1. The third kappa shape index (κ3) is 2.48. The number of rotatable bonds is 3. The molecule has 21 heavy (non-hydrogen) atoms. The second-order valence-corrected chi connectivity index (χ2v) is 4.29. The van der Waals surface area contributed by atoms with Crippen molar-refractivity contribution >= 4 is 28.1 Å². The molecule has 0 aliphatic heterocycles. The van der Waals surface area contributed by atoms with E-state index in [4.69, 9.17) is 0 Å². The molecule has 3 rings (SSSR count). The van der Waals surface area contributed by atoms with Crippen LogP contribution >= 0.6 is 0 Å². The van der Waals surface area contributed by atoms with Crippen molar-refractivity contribution in [2.45, 2.75) is 0 Å². The summed E-state index contributed by atoms with van der Waals surface area (Å²) in [4.78, 5) is 18.3. The number of aromatic nitrogens is 2. The molecule has 1 heterocycles. The molecule has 104 valence electrons. The average molecular weight is 284 g/mol. The fourth-order valence-electron chi connectivity index (χ4n) is 1.95. The average Bonchev–Trinajstić information content (AvgIpc) is 2.49. The van der Waals surface area contributed by atoms with E-state index in [1.54, 1.807) is 18.2 Å². The van der Waals surface area contributed by atoms with Crippen molar-refractivity contribution < 1.29 is 9.31 Å². The van der Waals surface area contributed by atoms with Gasteiger partial charge in [-0.05, 0) is 18.2 Å². The third-order valence-electron chi connectivity index (χ3n) is 2.96. The summed E-state index contributed by atoms with van der Waals surface area (Å²) in [5, 5.41) is 14.2. The molecule has 0 aliphatic rings. The van der Waals surface area contributed by atoms with E-state index in [0.717, 1.165) is 18.2 Å². The van der Waals surface area contributed by atoms with E-state index < -0.39 is 10.7 Å². The smallest absolute Gasteiger partial charge is 0.271 e. The van der Waals surface area contributed by atoms with Gasteiger partial charge in [-0.1, -0.05) is 12.1 Å². The standard InChI is InChI=1S/C14H9FN4O2/c15-11-6-5-9(19(20)21)7-13(11)18-14-10-3-1-2-4-12(10)16-8-17-14/h1-8H,(H,16,17,18). The Kier molecular flexibility index (Phi) is 3.15. The van der Waals surface area contributed by atoms with Crippen molar-refractivity contribution in [2.24, 2.45) is 0 Å². The zero-order chi connectivity index (χ0) is 14.8. The number of nitro groups is 1. The quantitative estimate of drug-likeness (QED) is 0.588. The summed E-state index contributed by atoms with van der Waals surface area (Å²) >= 11 is 0. The van der Waals surface area contributed by atoms with Crippen molar-refractivity contribution in [3.8, 4) is 0 Å². The fraction of sp³-hybridized carbons (Fsp3) is 0. The molecule has 0 aliphatic carbocycles. The number of non-ortho nitro benzene ring substituents is 1. The van der Waals surface area contributed by atoms with Crippen LogP contribution in [0.4, 0.5) is 21.6 Å². The van der Waals surface area contributed by atoms with Gasteiger partial charge in [0.15, 0.2) is 0 Å². The van der Waals surface area contributed by atoms with Gasteiger partial charge >= 0.3 is 0 Å². The van der Waals surface area contributed by atoms with E-state index in [2.05, 4.69) is 15.3 Å². The number of nitrogens with zero attached hydrogens (tertiary/aromatic N) is 3. The van der Waals surface area contributed by atoms with Crippen LogP contribution in [0.25, 0.3) is 10.9 Å². The lowest BCUT2D eigenvalue weighted by Crippen LogP contribution is -1.99. The predicted octanol–water partition coefficient (Wildman–Crippen LogP) is 3.42. The highest BCUT2D eigenvalue weighted by Crippen LogP contribution is 2.27. The maximum atomic E-state index is 13.8. The molecule has 0 fully saturated rings. The van der Waals surface area contributed by atoms with Crippen LogP contribution in [-0.2, 0) is 0 Å². The highest BCUT2D eigenvalue weighted by Gasteiger charge is 2.12. The Bertz CT molecular complexity index is 833. The summed E-state index contributed by atoms with van der Waals surface area (Å²) in [5.74, 6) is -0.205. The molecule has 7 heteroatoms. The molecule has 0 amide bonds. The lowest BCUT2D eigenvalue weighted by molar-refractivity contribution is -0.384. The molecule has 0 spiro atoms. The van der Waals surface area contributed by atoms with Crippen LogP contribution < -0.4 is 5.32 Å². The zero-order valence-corrected chi connectivity index (χ0v) is 10.7. The van der Waals surface area contributed by atoms with Crippen molar-refractivity contribution in [3.05, 3.63) is 64.7 Å². The van der Waals surface area contributed by atoms with Gasteiger partial charge in [-0.2, -0.15) is 0 Å². The molecule has 0 bridgehead atoms. The van der Waals surface area contributed by atoms with E-state index in [9.17, 15) is 14.5 Å². The van der Waals surface area contributed by atoms with Gasteiger partial charge in [0.05, 0.1) is 16.1 Å². The first-order valence-corrected chi connectivity index (χ1v) is 6.06. The van der Waals surface area contributed by atoms with Gasteiger partial charge in [-0.3, -0.25) is 10.1 Å². The Labute approximate surface area is 118 Å². The van der Waals surface area contributed by atoms with E-state index in [-0.39, 0.29) is 11.4 Å². The Morgan fingerprint density at radius 1 is 1.14 bits per heavy atom. The van der Waals surface area contributed by atoms with Crippen LogP contribution in [0.3, 0.4) is 0 Å². The van der Waals surface area contributed by atoms with Crippen LogP contribution in [0.1, 0.15) is 0 Å². The number of anilines is 2. The van der Waals surface area contributed by atoms with Crippen molar-refractivity contribution in [3.63, 3.8) is 0 Å². The maximum Gasteiger partial charge on any atom is 0.271 e. The predicted molar refractivity (Wildman–Crippen MR) is 75.9 cm³/mol. The summed E-state index contributed by atoms with van der Waals surface area (Å²) in [5.41, 5.74) is 0.492. The van der Waals surface area contributed by atoms with Gasteiger partial charge in [0.25, 0.3) is 5.69 Å². The zero-order valence-electron chi connectivity index (χ0n) is 10.7. The minimum atomic E-state index is -0.594. The van der Waals surface area contributed by atoms with Crippen molar-refractivity contribution in [1.29, 1.82) is 0 Å². The van der Waals surface area contributed by atoms with Crippen LogP contribution in [0.5, 0.6) is 0 Å². The molecular formula is C14H9FN4O2. The molecule has 1 aromatic heterocycles. The molecular weight excluding hydrogens is 275 g/mol. The highest BCUT2D eigenvalue weighted by atomic mass is 19.1. The van der Waals surface area contributed by atoms with Gasteiger partial charge < -0.3 is 5.32 Å². The largest absolute Gasteiger partial charge is 0.337 e. The number of halogens is 1. The fourth-order valence-corrected chi connectivity index (χ4v) is 1.95. The summed E-state index contributed by atoms with van der Waals surface area (Å²) in [6, 6.07) is 10.5. The topological polar surface area (TPSA) is 81.0 Å². The SMILES string of the molecule is O=[N+]([O-])c1ccc(F)c(Nc2ncnc3ccccc23)c1.